The monoisotopic (exact) mass is 424 g/mol. The molecule has 0 radical (unpaired) electrons. The molecule has 158 valence electrons. The molecule has 2 heterocycles. The van der Waals surface area contributed by atoms with Crippen LogP contribution in [0.25, 0.3) is 22.1 Å². The molecule has 3 aromatic rings. The molecule has 1 aliphatic heterocycles. The summed E-state index contributed by atoms with van der Waals surface area (Å²) in [5.41, 5.74) is -2.81. The third-order valence-electron chi connectivity index (χ3n) is 5.80. The number of halogens is 5. The largest absolute Gasteiger partial charge is 0.498 e. The lowest BCUT2D eigenvalue weighted by Crippen LogP contribution is -2.41. The predicted octanol–water partition coefficient (Wildman–Crippen LogP) is 5.70. The van der Waals surface area contributed by atoms with E-state index in [1.165, 1.54) is 12.1 Å². The molecule has 0 saturated carbocycles. The minimum Gasteiger partial charge on any atom is -0.461 e. The van der Waals surface area contributed by atoms with Crippen LogP contribution < -0.4 is 5.46 Å². The van der Waals surface area contributed by atoms with Gasteiger partial charge in [-0.25, -0.2) is 8.78 Å². The Morgan fingerprint density at radius 1 is 0.867 bits per heavy atom. The number of hydrogen-bond acceptors (Lipinski definition) is 3. The third-order valence-corrected chi connectivity index (χ3v) is 5.80. The van der Waals surface area contributed by atoms with Crippen molar-refractivity contribution in [3.8, 4) is 11.1 Å². The summed E-state index contributed by atoms with van der Waals surface area (Å²) in [4.78, 5) is 0. The Kier molecular flexibility index (Phi) is 4.56. The van der Waals surface area contributed by atoms with E-state index in [9.17, 15) is 17.6 Å². The van der Waals surface area contributed by atoms with Crippen LogP contribution in [0.2, 0.25) is 0 Å². The van der Waals surface area contributed by atoms with E-state index in [1.54, 1.807) is 0 Å². The van der Waals surface area contributed by atoms with E-state index < -0.39 is 41.7 Å². The highest BCUT2D eigenvalue weighted by molar-refractivity contribution is 6.62. The Morgan fingerprint density at radius 3 is 2.10 bits per heavy atom. The fraction of sp³-hybridized carbons (Fsp3) is 0.333. The van der Waals surface area contributed by atoms with Gasteiger partial charge >= 0.3 is 13.3 Å². The topological polar surface area (TPSA) is 31.6 Å². The van der Waals surface area contributed by atoms with Crippen LogP contribution in [0.5, 0.6) is 0 Å². The molecule has 2 aromatic carbocycles. The molecule has 0 spiro atoms. The molecule has 4 rings (SSSR count). The van der Waals surface area contributed by atoms with Crippen LogP contribution in [0.15, 0.2) is 41.0 Å². The van der Waals surface area contributed by atoms with Crippen molar-refractivity contribution >= 4 is 23.6 Å². The fourth-order valence-corrected chi connectivity index (χ4v) is 3.35. The molecule has 0 bridgehead atoms. The third kappa shape index (κ3) is 3.20. The molecule has 1 fully saturated rings. The number of furan rings is 1. The van der Waals surface area contributed by atoms with Gasteiger partial charge in [-0.2, -0.15) is 13.2 Å². The van der Waals surface area contributed by atoms with Crippen molar-refractivity contribution < 1.29 is 35.7 Å². The number of alkyl halides is 3. The van der Waals surface area contributed by atoms with Crippen LogP contribution in [0.4, 0.5) is 22.0 Å². The number of fused-ring (bicyclic) bond motifs is 1. The number of hydrogen-bond donors (Lipinski definition) is 0. The molecule has 0 atom stereocenters. The van der Waals surface area contributed by atoms with Crippen LogP contribution >= 0.6 is 0 Å². The zero-order valence-corrected chi connectivity index (χ0v) is 16.7. The molecule has 1 saturated heterocycles. The van der Waals surface area contributed by atoms with Crippen molar-refractivity contribution in [2.24, 2.45) is 0 Å². The zero-order valence-electron chi connectivity index (χ0n) is 16.7. The van der Waals surface area contributed by atoms with Gasteiger partial charge in [0.15, 0.2) is 11.4 Å². The van der Waals surface area contributed by atoms with Crippen molar-refractivity contribution in [2.75, 3.05) is 0 Å². The Balaban J connectivity index is 1.80. The molecule has 3 nitrogen and oxygen atoms in total. The fourth-order valence-electron chi connectivity index (χ4n) is 3.35. The van der Waals surface area contributed by atoms with Gasteiger partial charge in [-0.1, -0.05) is 12.1 Å². The van der Waals surface area contributed by atoms with Gasteiger partial charge in [-0.3, -0.25) is 0 Å². The first-order chi connectivity index (χ1) is 13.8. The van der Waals surface area contributed by atoms with Crippen LogP contribution in [0, 0.1) is 11.6 Å². The molecule has 0 N–H and O–H groups in total. The summed E-state index contributed by atoms with van der Waals surface area (Å²) in [5.74, 6) is -1.65. The normalized spacial score (nSPS) is 18.4. The summed E-state index contributed by atoms with van der Waals surface area (Å²) < 4.78 is 85.6. The predicted molar refractivity (Wildman–Crippen MR) is 102 cm³/mol. The first-order valence-electron chi connectivity index (χ1n) is 9.24. The maximum atomic E-state index is 15.2. The average Bonchev–Trinajstić information content (AvgIpc) is 3.13. The standard InChI is InChI=1S/C21H18BF5O3/c1-19(2)20(3,4)30-22(29-19)15-7-6-12-14(10-28-18(12)17(15)24)13-9-11(21(25,26)27)5-8-16(13)23/h5-10H,1-4H3. The van der Waals surface area contributed by atoms with Crippen LogP contribution in [0.1, 0.15) is 33.3 Å². The van der Waals surface area contributed by atoms with Gasteiger partial charge in [0.2, 0.25) is 0 Å². The summed E-state index contributed by atoms with van der Waals surface area (Å²) in [6.07, 6.45) is -3.60. The number of rotatable bonds is 2. The van der Waals surface area contributed by atoms with Crippen molar-refractivity contribution in [3.05, 3.63) is 53.8 Å². The highest BCUT2D eigenvalue weighted by atomic mass is 19.4. The van der Waals surface area contributed by atoms with E-state index in [4.69, 9.17) is 13.7 Å². The van der Waals surface area contributed by atoms with Gasteiger partial charge in [0, 0.05) is 22.0 Å². The maximum Gasteiger partial charge on any atom is 0.498 e. The number of benzene rings is 2. The van der Waals surface area contributed by atoms with Crippen molar-refractivity contribution in [1.29, 1.82) is 0 Å². The average molecular weight is 424 g/mol. The van der Waals surface area contributed by atoms with Crippen molar-refractivity contribution in [1.82, 2.24) is 0 Å². The van der Waals surface area contributed by atoms with Crippen LogP contribution in [-0.2, 0) is 15.5 Å². The summed E-state index contributed by atoms with van der Waals surface area (Å²) in [5, 5.41) is 0.144. The molecule has 0 aliphatic carbocycles. The van der Waals surface area contributed by atoms with Crippen molar-refractivity contribution in [3.63, 3.8) is 0 Å². The second-order valence-corrected chi connectivity index (χ2v) is 8.28. The zero-order chi connectivity index (χ0) is 22.1. The van der Waals surface area contributed by atoms with Crippen LogP contribution in [-0.4, -0.2) is 18.3 Å². The molecule has 1 aliphatic rings. The van der Waals surface area contributed by atoms with Gasteiger partial charge < -0.3 is 13.7 Å². The SMILES string of the molecule is CC1(C)OB(c2ccc3c(-c4cc(C(F)(F)F)ccc4F)coc3c2F)OC1(C)C. The molecule has 30 heavy (non-hydrogen) atoms. The Bertz CT molecular complexity index is 1120. The minimum absolute atomic E-state index is 0.0213. The molecule has 0 amide bonds. The summed E-state index contributed by atoms with van der Waals surface area (Å²) >= 11 is 0. The van der Waals surface area contributed by atoms with E-state index in [1.807, 2.05) is 27.7 Å². The van der Waals surface area contributed by atoms with Crippen LogP contribution in [0.3, 0.4) is 0 Å². The lowest BCUT2D eigenvalue weighted by atomic mass is 9.78. The summed E-state index contributed by atoms with van der Waals surface area (Å²) in [6, 6.07) is 4.92. The molecule has 0 unspecified atom stereocenters. The van der Waals surface area contributed by atoms with Gasteiger partial charge in [-0.15, -0.1) is 0 Å². The Morgan fingerprint density at radius 2 is 1.50 bits per heavy atom. The van der Waals surface area contributed by atoms with E-state index in [0.717, 1.165) is 12.3 Å². The molecule has 9 heteroatoms. The van der Waals surface area contributed by atoms with E-state index in [0.29, 0.717) is 12.1 Å². The molecular formula is C21H18BF5O3. The first kappa shape index (κ1) is 20.9. The molecular weight excluding hydrogens is 406 g/mol. The van der Waals surface area contributed by atoms with Gasteiger partial charge in [0.1, 0.15) is 5.82 Å². The van der Waals surface area contributed by atoms with Gasteiger partial charge in [0.05, 0.1) is 23.0 Å². The first-order valence-corrected chi connectivity index (χ1v) is 9.24. The lowest BCUT2D eigenvalue weighted by molar-refractivity contribution is -0.137. The highest BCUT2D eigenvalue weighted by Crippen LogP contribution is 2.39. The highest BCUT2D eigenvalue weighted by Gasteiger charge is 2.52. The minimum atomic E-state index is -4.64. The quantitative estimate of drug-likeness (QED) is 0.391. The molecule has 1 aromatic heterocycles. The van der Waals surface area contributed by atoms with Gasteiger partial charge in [-0.05, 0) is 45.9 Å². The van der Waals surface area contributed by atoms with E-state index >= 15 is 4.39 Å². The van der Waals surface area contributed by atoms with Gasteiger partial charge in [0.25, 0.3) is 0 Å². The lowest BCUT2D eigenvalue weighted by Gasteiger charge is -2.32. The second kappa shape index (κ2) is 6.55. The van der Waals surface area contributed by atoms with E-state index in [-0.39, 0.29) is 27.6 Å². The van der Waals surface area contributed by atoms with Crippen molar-refractivity contribution in [2.45, 2.75) is 45.1 Å². The summed E-state index contributed by atoms with van der Waals surface area (Å²) in [6.45, 7) is 7.30. The Labute approximate surface area is 169 Å². The maximum absolute atomic E-state index is 15.2. The second-order valence-electron chi connectivity index (χ2n) is 8.28. The smallest absolute Gasteiger partial charge is 0.461 e. The Hall–Kier alpha value is -2.39. The van der Waals surface area contributed by atoms with E-state index in [2.05, 4.69) is 0 Å². The summed E-state index contributed by atoms with van der Waals surface area (Å²) in [7, 11) is -0.988.